The van der Waals surface area contributed by atoms with Crippen molar-refractivity contribution in [2.75, 3.05) is 19.5 Å². The Morgan fingerprint density at radius 2 is 2.00 bits per heavy atom. The van der Waals surface area contributed by atoms with Gasteiger partial charge in [0.25, 0.3) is 6.01 Å². The van der Waals surface area contributed by atoms with Gasteiger partial charge in [0.15, 0.2) is 0 Å². The number of hydrogen-bond donors (Lipinski definition) is 1. The number of aromatic nitrogens is 1. The SMILES string of the molecule is CNc1nc(-c2cc(C(C)(C)C)ccc2OC)co1. The van der Waals surface area contributed by atoms with E-state index in [0.717, 1.165) is 17.0 Å². The van der Waals surface area contributed by atoms with E-state index in [1.54, 1.807) is 20.4 Å². The Morgan fingerprint density at radius 3 is 2.53 bits per heavy atom. The van der Waals surface area contributed by atoms with Gasteiger partial charge in [-0.25, -0.2) is 0 Å². The third-order valence-electron chi connectivity index (χ3n) is 3.06. The van der Waals surface area contributed by atoms with Crippen LogP contribution in [0.5, 0.6) is 5.75 Å². The Balaban J connectivity index is 2.53. The van der Waals surface area contributed by atoms with Gasteiger partial charge in [0, 0.05) is 12.6 Å². The van der Waals surface area contributed by atoms with E-state index in [4.69, 9.17) is 9.15 Å². The summed E-state index contributed by atoms with van der Waals surface area (Å²) in [5.41, 5.74) is 3.03. The molecule has 0 spiro atoms. The zero-order valence-electron chi connectivity index (χ0n) is 12.1. The van der Waals surface area contributed by atoms with Gasteiger partial charge in [-0.05, 0) is 23.1 Å². The van der Waals surface area contributed by atoms with Crippen LogP contribution in [0, 0.1) is 0 Å². The van der Waals surface area contributed by atoms with Crippen molar-refractivity contribution >= 4 is 6.01 Å². The second-order valence-electron chi connectivity index (χ2n) is 5.45. The lowest BCUT2D eigenvalue weighted by Crippen LogP contribution is -2.11. The lowest BCUT2D eigenvalue weighted by molar-refractivity contribution is 0.415. The first kappa shape index (κ1) is 13.5. The van der Waals surface area contributed by atoms with Crippen LogP contribution < -0.4 is 10.1 Å². The van der Waals surface area contributed by atoms with Crippen LogP contribution >= 0.6 is 0 Å². The van der Waals surface area contributed by atoms with Gasteiger partial charge in [0.1, 0.15) is 17.7 Å². The molecule has 1 heterocycles. The van der Waals surface area contributed by atoms with Crippen molar-refractivity contribution in [3.05, 3.63) is 30.0 Å². The largest absolute Gasteiger partial charge is 0.496 e. The highest BCUT2D eigenvalue weighted by Gasteiger charge is 2.18. The van der Waals surface area contributed by atoms with Crippen LogP contribution in [0.4, 0.5) is 6.01 Å². The Kier molecular flexibility index (Phi) is 3.51. The van der Waals surface area contributed by atoms with Crippen molar-refractivity contribution in [3.63, 3.8) is 0 Å². The minimum atomic E-state index is 0.0800. The van der Waals surface area contributed by atoms with Crippen LogP contribution in [0.3, 0.4) is 0 Å². The average molecular weight is 260 g/mol. The van der Waals surface area contributed by atoms with Gasteiger partial charge in [-0.2, -0.15) is 4.98 Å². The molecule has 0 radical (unpaired) electrons. The van der Waals surface area contributed by atoms with Gasteiger partial charge < -0.3 is 14.5 Å². The molecule has 0 atom stereocenters. The molecule has 102 valence electrons. The van der Waals surface area contributed by atoms with Crippen LogP contribution in [0.1, 0.15) is 26.3 Å². The maximum atomic E-state index is 5.41. The predicted molar refractivity (Wildman–Crippen MR) is 76.7 cm³/mol. The van der Waals surface area contributed by atoms with Crippen LogP contribution in [0.25, 0.3) is 11.3 Å². The molecule has 0 saturated carbocycles. The molecule has 2 aromatic rings. The zero-order chi connectivity index (χ0) is 14.0. The van der Waals surface area contributed by atoms with E-state index in [1.165, 1.54) is 5.56 Å². The second-order valence-corrected chi connectivity index (χ2v) is 5.45. The summed E-state index contributed by atoms with van der Waals surface area (Å²) in [6, 6.07) is 6.67. The van der Waals surface area contributed by atoms with Gasteiger partial charge in [0.2, 0.25) is 0 Å². The Labute approximate surface area is 113 Å². The Hall–Kier alpha value is -1.97. The molecule has 0 aliphatic carbocycles. The molecule has 1 N–H and O–H groups in total. The number of anilines is 1. The number of ether oxygens (including phenoxy) is 1. The summed E-state index contributed by atoms with van der Waals surface area (Å²) in [4.78, 5) is 4.37. The van der Waals surface area contributed by atoms with E-state index in [9.17, 15) is 0 Å². The van der Waals surface area contributed by atoms with Crippen molar-refractivity contribution in [3.8, 4) is 17.0 Å². The first-order chi connectivity index (χ1) is 8.95. The smallest absolute Gasteiger partial charge is 0.294 e. The highest BCUT2D eigenvalue weighted by Crippen LogP contribution is 2.34. The molecule has 0 bridgehead atoms. The summed E-state index contributed by atoms with van der Waals surface area (Å²) in [6.07, 6.45) is 1.64. The molecule has 0 aliphatic heterocycles. The first-order valence-corrected chi connectivity index (χ1v) is 6.28. The highest BCUT2D eigenvalue weighted by atomic mass is 16.5. The molecular weight excluding hydrogens is 240 g/mol. The van der Waals surface area contributed by atoms with E-state index in [0.29, 0.717) is 6.01 Å². The first-order valence-electron chi connectivity index (χ1n) is 6.28. The van der Waals surface area contributed by atoms with Crippen molar-refractivity contribution < 1.29 is 9.15 Å². The molecular formula is C15H20N2O2. The van der Waals surface area contributed by atoms with Crippen LogP contribution in [-0.4, -0.2) is 19.1 Å². The van der Waals surface area contributed by atoms with Crippen LogP contribution in [0.2, 0.25) is 0 Å². The van der Waals surface area contributed by atoms with E-state index < -0.39 is 0 Å². The average Bonchev–Trinajstić information content (AvgIpc) is 2.85. The van der Waals surface area contributed by atoms with Gasteiger partial charge in [-0.15, -0.1) is 0 Å². The predicted octanol–water partition coefficient (Wildman–Crippen LogP) is 3.69. The number of rotatable bonds is 3. The molecule has 0 fully saturated rings. The molecule has 0 aliphatic rings. The molecule has 4 heteroatoms. The third kappa shape index (κ3) is 2.72. The summed E-state index contributed by atoms with van der Waals surface area (Å²) in [5, 5.41) is 2.88. The standard InChI is InChI=1S/C15H20N2O2/c1-15(2,3)10-6-7-13(18-5)11(8-10)12-9-19-14(16-4)17-12/h6-9H,1-5H3,(H,16,17). The van der Waals surface area contributed by atoms with Crippen LogP contribution in [0.15, 0.2) is 28.9 Å². The minimum Gasteiger partial charge on any atom is -0.496 e. The van der Waals surface area contributed by atoms with E-state index in [2.05, 4.69) is 43.2 Å². The summed E-state index contributed by atoms with van der Waals surface area (Å²) in [5.74, 6) is 0.795. The van der Waals surface area contributed by atoms with Crippen LogP contribution in [-0.2, 0) is 5.41 Å². The summed E-state index contributed by atoms with van der Waals surface area (Å²) >= 11 is 0. The molecule has 0 saturated heterocycles. The van der Waals surface area contributed by atoms with Crippen molar-refractivity contribution in [2.24, 2.45) is 0 Å². The second kappa shape index (κ2) is 4.96. The van der Waals surface area contributed by atoms with Crippen molar-refractivity contribution in [1.82, 2.24) is 4.98 Å². The van der Waals surface area contributed by atoms with Crippen molar-refractivity contribution in [1.29, 1.82) is 0 Å². The van der Waals surface area contributed by atoms with E-state index >= 15 is 0 Å². The number of methoxy groups -OCH3 is 1. The Bertz CT molecular complexity index is 568. The quantitative estimate of drug-likeness (QED) is 0.914. The number of oxazole rings is 1. The topological polar surface area (TPSA) is 47.3 Å². The summed E-state index contributed by atoms with van der Waals surface area (Å²) in [7, 11) is 3.44. The van der Waals surface area contributed by atoms with Gasteiger partial charge in [0.05, 0.1) is 7.11 Å². The fourth-order valence-corrected chi connectivity index (χ4v) is 1.89. The zero-order valence-corrected chi connectivity index (χ0v) is 12.1. The Morgan fingerprint density at radius 1 is 1.26 bits per heavy atom. The fraction of sp³-hybridized carbons (Fsp3) is 0.400. The molecule has 2 rings (SSSR count). The van der Waals surface area contributed by atoms with Gasteiger partial charge >= 0.3 is 0 Å². The lowest BCUT2D eigenvalue weighted by Gasteiger charge is -2.20. The fourth-order valence-electron chi connectivity index (χ4n) is 1.89. The molecule has 1 aromatic heterocycles. The highest BCUT2D eigenvalue weighted by molar-refractivity contribution is 5.68. The summed E-state index contributed by atoms with van der Waals surface area (Å²) < 4.78 is 10.7. The van der Waals surface area contributed by atoms with Gasteiger partial charge in [-0.1, -0.05) is 26.8 Å². The summed E-state index contributed by atoms with van der Waals surface area (Å²) in [6.45, 7) is 6.54. The number of nitrogens with zero attached hydrogens (tertiary/aromatic N) is 1. The normalized spacial score (nSPS) is 11.4. The van der Waals surface area contributed by atoms with Gasteiger partial charge in [-0.3, -0.25) is 0 Å². The number of benzene rings is 1. The maximum Gasteiger partial charge on any atom is 0.294 e. The van der Waals surface area contributed by atoms with E-state index in [-0.39, 0.29) is 5.41 Å². The number of nitrogens with one attached hydrogen (secondary N) is 1. The lowest BCUT2D eigenvalue weighted by atomic mass is 9.86. The van der Waals surface area contributed by atoms with Crippen molar-refractivity contribution in [2.45, 2.75) is 26.2 Å². The molecule has 0 unspecified atom stereocenters. The molecule has 4 nitrogen and oxygen atoms in total. The maximum absolute atomic E-state index is 5.41. The third-order valence-corrected chi connectivity index (χ3v) is 3.06. The number of hydrogen-bond acceptors (Lipinski definition) is 4. The molecule has 0 amide bonds. The molecule has 19 heavy (non-hydrogen) atoms. The molecule has 1 aromatic carbocycles. The minimum absolute atomic E-state index is 0.0800. The monoisotopic (exact) mass is 260 g/mol. The van der Waals surface area contributed by atoms with E-state index in [1.807, 2.05) is 6.07 Å².